The SMILES string of the molecule is FC(F)C1(c2ccc(Br)cc2CBr)CC1. The molecule has 0 aliphatic heterocycles. The highest BCUT2D eigenvalue weighted by Crippen LogP contribution is 2.54. The lowest BCUT2D eigenvalue weighted by molar-refractivity contribution is 0.101. The molecule has 0 aromatic heterocycles. The molecule has 0 spiro atoms. The molecule has 1 saturated carbocycles. The van der Waals surface area contributed by atoms with Crippen molar-refractivity contribution in [2.45, 2.75) is 30.0 Å². The van der Waals surface area contributed by atoms with Crippen LogP contribution in [0.25, 0.3) is 0 Å². The maximum Gasteiger partial charge on any atom is 0.248 e. The third-order valence-corrected chi connectivity index (χ3v) is 4.05. The van der Waals surface area contributed by atoms with Crippen molar-refractivity contribution in [2.24, 2.45) is 0 Å². The molecule has 1 aliphatic rings. The standard InChI is InChI=1S/C11H10Br2F2/c12-6-7-5-8(13)1-2-9(7)11(3-4-11)10(14)15/h1-2,5,10H,3-4,6H2. The molecular formula is C11H10Br2F2. The van der Waals surface area contributed by atoms with E-state index >= 15 is 0 Å². The van der Waals surface area contributed by atoms with Crippen LogP contribution in [0.4, 0.5) is 8.78 Å². The van der Waals surface area contributed by atoms with Gasteiger partial charge in [-0.25, -0.2) is 8.78 Å². The van der Waals surface area contributed by atoms with Gasteiger partial charge in [0.1, 0.15) is 0 Å². The third-order valence-electron chi connectivity index (χ3n) is 2.95. The van der Waals surface area contributed by atoms with Gasteiger partial charge in [0.25, 0.3) is 0 Å². The summed E-state index contributed by atoms with van der Waals surface area (Å²) in [6.45, 7) is 0. The van der Waals surface area contributed by atoms with Gasteiger partial charge in [0, 0.05) is 9.80 Å². The van der Waals surface area contributed by atoms with Crippen molar-refractivity contribution in [1.82, 2.24) is 0 Å². The van der Waals surface area contributed by atoms with Crippen LogP contribution in [0.2, 0.25) is 0 Å². The van der Waals surface area contributed by atoms with Crippen molar-refractivity contribution >= 4 is 31.9 Å². The second-order valence-corrected chi connectivity index (χ2v) is 5.37. The first kappa shape index (κ1) is 11.5. The molecule has 1 aromatic rings. The van der Waals surface area contributed by atoms with Crippen LogP contribution in [0.15, 0.2) is 22.7 Å². The van der Waals surface area contributed by atoms with Crippen LogP contribution >= 0.6 is 31.9 Å². The normalized spacial score (nSPS) is 18.2. The van der Waals surface area contributed by atoms with E-state index in [1.165, 1.54) is 0 Å². The Labute approximate surface area is 104 Å². The minimum Gasteiger partial charge on any atom is -0.210 e. The lowest BCUT2D eigenvalue weighted by Crippen LogP contribution is -2.19. The van der Waals surface area contributed by atoms with E-state index in [0.29, 0.717) is 18.2 Å². The molecule has 0 radical (unpaired) electrons. The van der Waals surface area contributed by atoms with Crippen LogP contribution in [0.3, 0.4) is 0 Å². The van der Waals surface area contributed by atoms with Crippen LogP contribution in [-0.4, -0.2) is 6.43 Å². The molecule has 1 aliphatic carbocycles. The summed E-state index contributed by atoms with van der Waals surface area (Å²) in [5.41, 5.74) is 0.906. The van der Waals surface area contributed by atoms with E-state index in [0.717, 1.165) is 15.6 Å². The van der Waals surface area contributed by atoms with Crippen molar-refractivity contribution in [1.29, 1.82) is 0 Å². The molecule has 0 saturated heterocycles. The summed E-state index contributed by atoms with van der Waals surface area (Å²) < 4.78 is 26.8. The fourth-order valence-electron chi connectivity index (χ4n) is 1.90. The van der Waals surface area contributed by atoms with Crippen LogP contribution < -0.4 is 0 Å². The largest absolute Gasteiger partial charge is 0.248 e. The second kappa shape index (κ2) is 4.13. The molecule has 0 bridgehead atoms. The number of hydrogen-bond donors (Lipinski definition) is 0. The van der Waals surface area contributed by atoms with Crippen molar-refractivity contribution < 1.29 is 8.78 Å². The van der Waals surface area contributed by atoms with Crippen molar-refractivity contribution in [3.05, 3.63) is 33.8 Å². The zero-order valence-corrected chi connectivity index (χ0v) is 11.1. The number of rotatable bonds is 3. The predicted molar refractivity (Wildman–Crippen MR) is 63.7 cm³/mol. The number of benzene rings is 1. The molecule has 2 rings (SSSR count). The van der Waals surface area contributed by atoms with Crippen LogP contribution in [0.1, 0.15) is 24.0 Å². The zero-order valence-electron chi connectivity index (χ0n) is 7.94. The Kier molecular flexibility index (Phi) is 3.17. The molecule has 0 atom stereocenters. The number of alkyl halides is 3. The van der Waals surface area contributed by atoms with Gasteiger partial charge in [0.2, 0.25) is 6.43 Å². The lowest BCUT2D eigenvalue weighted by Gasteiger charge is -2.18. The highest BCUT2D eigenvalue weighted by Gasteiger charge is 2.53. The summed E-state index contributed by atoms with van der Waals surface area (Å²) in [6.07, 6.45) is -1.05. The first-order valence-electron chi connectivity index (χ1n) is 4.73. The Balaban J connectivity index is 2.44. The molecule has 0 amide bonds. The topological polar surface area (TPSA) is 0 Å². The number of hydrogen-bond acceptors (Lipinski definition) is 0. The molecule has 0 nitrogen and oxygen atoms in total. The van der Waals surface area contributed by atoms with E-state index in [4.69, 9.17) is 0 Å². The molecule has 0 unspecified atom stereocenters. The smallest absolute Gasteiger partial charge is 0.210 e. The summed E-state index contributed by atoms with van der Waals surface area (Å²) in [5.74, 6) is 0. The Bertz CT molecular complexity index is 373. The van der Waals surface area contributed by atoms with Gasteiger partial charge in [-0.3, -0.25) is 0 Å². The summed E-state index contributed by atoms with van der Waals surface area (Å²) in [7, 11) is 0. The van der Waals surface area contributed by atoms with Gasteiger partial charge in [-0.1, -0.05) is 37.9 Å². The van der Waals surface area contributed by atoms with E-state index in [2.05, 4.69) is 31.9 Å². The Morgan fingerprint density at radius 3 is 2.47 bits per heavy atom. The third kappa shape index (κ3) is 1.98. The first-order chi connectivity index (χ1) is 7.10. The van der Waals surface area contributed by atoms with E-state index in [-0.39, 0.29) is 0 Å². The quantitative estimate of drug-likeness (QED) is 0.704. The van der Waals surface area contributed by atoms with Crippen molar-refractivity contribution in [3.63, 3.8) is 0 Å². The average Bonchev–Trinajstić information content (AvgIpc) is 2.98. The number of halogens is 4. The Hall–Kier alpha value is 0.0400. The van der Waals surface area contributed by atoms with E-state index in [9.17, 15) is 8.78 Å². The summed E-state index contributed by atoms with van der Waals surface area (Å²) >= 11 is 6.70. The molecule has 1 aromatic carbocycles. The minimum atomic E-state index is -2.25. The predicted octanol–water partition coefficient (Wildman–Crippen LogP) is 4.64. The molecule has 82 valence electrons. The van der Waals surface area contributed by atoms with E-state index in [1.807, 2.05) is 18.2 Å². The lowest BCUT2D eigenvalue weighted by atomic mass is 9.92. The monoisotopic (exact) mass is 338 g/mol. The van der Waals surface area contributed by atoms with E-state index in [1.54, 1.807) is 0 Å². The summed E-state index contributed by atoms with van der Waals surface area (Å²) in [6, 6.07) is 5.57. The second-order valence-electron chi connectivity index (χ2n) is 3.89. The van der Waals surface area contributed by atoms with Crippen LogP contribution in [-0.2, 0) is 10.7 Å². The average molecular weight is 340 g/mol. The Morgan fingerprint density at radius 1 is 1.33 bits per heavy atom. The van der Waals surface area contributed by atoms with Crippen LogP contribution in [0, 0.1) is 0 Å². The molecular weight excluding hydrogens is 330 g/mol. The van der Waals surface area contributed by atoms with Crippen LogP contribution in [0.5, 0.6) is 0 Å². The van der Waals surface area contributed by atoms with Crippen molar-refractivity contribution in [2.75, 3.05) is 0 Å². The van der Waals surface area contributed by atoms with Gasteiger partial charge < -0.3 is 0 Å². The fourth-order valence-corrected chi connectivity index (χ4v) is 2.77. The van der Waals surface area contributed by atoms with Gasteiger partial charge in [-0.15, -0.1) is 0 Å². The van der Waals surface area contributed by atoms with Gasteiger partial charge in [0.15, 0.2) is 0 Å². The molecule has 4 heteroatoms. The first-order valence-corrected chi connectivity index (χ1v) is 6.64. The van der Waals surface area contributed by atoms with Gasteiger partial charge in [0.05, 0.1) is 5.41 Å². The molecule has 15 heavy (non-hydrogen) atoms. The van der Waals surface area contributed by atoms with Crippen molar-refractivity contribution in [3.8, 4) is 0 Å². The van der Waals surface area contributed by atoms with Gasteiger partial charge in [-0.2, -0.15) is 0 Å². The zero-order chi connectivity index (χ0) is 11.1. The molecule has 0 heterocycles. The Morgan fingerprint density at radius 2 is 2.00 bits per heavy atom. The maximum atomic E-state index is 13.0. The van der Waals surface area contributed by atoms with Gasteiger partial charge >= 0.3 is 0 Å². The molecule has 0 N–H and O–H groups in total. The highest BCUT2D eigenvalue weighted by molar-refractivity contribution is 9.10. The minimum absolute atomic E-state index is 0.603. The fraction of sp³-hybridized carbons (Fsp3) is 0.455. The van der Waals surface area contributed by atoms with E-state index < -0.39 is 11.8 Å². The maximum absolute atomic E-state index is 13.0. The van der Waals surface area contributed by atoms with Gasteiger partial charge in [-0.05, 0) is 36.1 Å². The highest BCUT2D eigenvalue weighted by atomic mass is 79.9. The summed E-state index contributed by atoms with van der Waals surface area (Å²) in [4.78, 5) is 0. The summed E-state index contributed by atoms with van der Waals surface area (Å²) in [5, 5.41) is 0.621. The molecule has 1 fully saturated rings.